The first-order valence-corrected chi connectivity index (χ1v) is 9.13. The molecule has 1 fully saturated rings. The number of anilines is 2. The average Bonchev–Trinajstić information content (AvgIpc) is 3.16. The van der Waals surface area contributed by atoms with Crippen LogP contribution in [0.25, 0.3) is 0 Å². The van der Waals surface area contributed by atoms with Crippen molar-refractivity contribution < 1.29 is 23.9 Å². The quantitative estimate of drug-likeness (QED) is 0.814. The second-order valence-corrected chi connectivity index (χ2v) is 6.73. The van der Waals surface area contributed by atoms with Crippen molar-refractivity contribution >= 4 is 17.3 Å². The van der Waals surface area contributed by atoms with E-state index in [9.17, 15) is 4.79 Å². The number of nitrogens with zero attached hydrogens (tertiary/aromatic N) is 1. The van der Waals surface area contributed by atoms with Gasteiger partial charge in [-0.1, -0.05) is 0 Å². The monoisotopic (exact) mass is 370 g/mol. The molecule has 27 heavy (non-hydrogen) atoms. The zero-order chi connectivity index (χ0) is 18.6. The maximum atomic E-state index is 12.4. The molecule has 2 aromatic rings. The molecule has 0 aromatic heterocycles. The summed E-state index contributed by atoms with van der Waals surface area (Å²) in [5, 5.41) is 2.95. The van der Waals surface area contributed by atoms with Crippen molar-refractivity contribution in [3.8, 4) is 17.2 Å². The molecule has 0 radical (unpaired) electrons. The Labute approximate surface area is 158 Å². The second-order valence-electron chi connectivity index (χ2n) is 6.73. The number of piperazine rings is 1. The summed E-state index contributed by atoms with van der Waals surface area (Å²) in [5.41, 5.74) is 1.93. The third-order valence-corrected chi connectivity index (χ3v) is 4.98. The summed E-state index contributed by atoms with van der Waals surface area (Å²) in [6.07, 6.45) is 0. The van der Waals surface area contributed by atoms with Crippen molar-refractivity contribution in [3.05, 3.63) is 42.5 Å². The van der Waals surface area contributed by atoms with Crippen LogP contribution in [0.4, 0.5) is 11.4 Å². The summed E-state index contributed by atoms with van der Waals surface area (Å²) in [5.74, 6) is 2.27. The Morgan fingerprint density at radius 3 is 2.59 bits per heavy atom. The van der Waals surface area contributed by atoms with Crippen molar-refractivity contribution in [1.29, 1.82) is 0 Å². The van der Waals surface area contributed by atoms with E-state index in [1.54, 1.807) is 13.2 Å². The first kappa shape index (κ1) is 17.5. The molecule has 7 nitrogen and oxygen atoms in total. The molecule has 4 rings (SSSR count). The molecule has 0 aliphatic carbocycles. The van der Waals surface area contributed by atoms with Crippen LogP contribution in [-0.2, 0) is 4.79 Å². The largest absolute Gasteiger partial charge is 0.497 e. The van der Waals surface area contributed by atoms with Gasteiger partial charge in [-0.3, -0.25) is 4.79 Å². The Kier molecular flexibility index (Phi) is 5.02. The van der Waals surface area contributed by atoms with E-state index in [-0.39, 0.29) is 12.7 Å². The molecule has 1 amide bonds. The molecular formula is C20H24N3O4+. The first-order chi connectivity index (χ1) is 13.2. The van der Waals surface area contributed by atoms with Crippen molar-refractivity contribution in [1.82, 2.24) is 0 Å². The lowest BCUT2D eigenvalue weighted by molar-refractivity contribution is -0.892. The number of carbonyl (C=O) groups is 1. The fourth-order valence-corrected chi connectivity index (χ4v) is 3.46. The van der Waals surface area contributed by atoms with Gasteiger partial charge < -0.3 is 29.3 Å². The lowest BCUT2D eigenvalue weighted by atomic mass is 10.2. The highest BCUT2D eigenvalue weighted by atomic mass is 16.7. The normalized spacial score (nSPS) is 16.3. The van der Waals surface area contributed by atoms with Crippen molar-refractivity contribution in [2.24, 2.45) is 0 Å². The number of carbonyl (C=O) groups excluding carboxylic acids is 1. The number of nitrogens with one attached hydrogen (secondary N) is 2. The number of methoxy groups -OCH3 is 1. The molecule has 2 aliphatic heterocycles. The molecule has 0 spiro atoms. The number of ether oxygens (including phenoxy) is 3. The molecule has 142 valence electrons. The van der Waals surface area contributed by atoms with E-state index in [0.717, 1.165) is 37.6 Å². The number of quaternary nitrogens is 1. The van der Waals surface area contributed by atoms with Gasteiger partial charge in [0.1, 0.15) is 5.75 Å². The highest BCUT2D eigenvalue weighted by molar-refractivity contribution is 5.91. The van der Waals surface area contributed by atoms with Gasteiger partial charge in [0.15, 0.2) is 18.0 Å². The summed E-state index contributed by atoms with van der Waals surface area (Å²) in [6, 6.07) is 13.6. The van der Waals surface area contributed by atoms with Crippen LogP contribution >= 0.6 is 0 Å². The van der Waals surface area contributed by atoms with E-state index >= 15 is 0 Å². The topological polar surface area (TPSA) is 64.5 Å². The Balaban J connectivity index is 1.26. The van der Waals surface area contributed by atoms with Gasteiger partial charge in [0.05, 0.1) is 33.3 Å². The Hall–Kier alpha value is -2.93. The number of rotatable bonds is 5. The van der Waals surface area contributed by atoms with Crippen LogP contribution in [0, 0.1) is 0 Å². The van der Waals surface area contributed by atoms with Crippen molar-refractivity contribution in [2.75, 3.05) is 56.8 Å². The van der Waals surface area contributed by atoms with Crippen molar-refractivity contribution in [3.63, 3.8) is 0 Å². The van der Waals surface area contributed by atoms with E-state index < -0.39 is 0 Å². The van der Waals surface area contributed by atoms with E-state index in [1.165, 1.54) is 10.6 Å². The molecule has 0 unspecified atom stereocenters. The highest BCUT2D eigenvalue weighted by Crippen LogP contribution is 2.34. The molecule has 2 aromatic carbocycles. The van der Waals surface area contributed by atoms with Gasteiger partial charge in [0.2, 0.25) is 6.79 Å². The second kappa shape index (κ2) is 7.75. The van der Waals surface area contributed by atoms with Crippen LogP contribution in [0.2, 0.25) is 0 Å². The van der Waals surface area contributed by atoms with Crippen LogP contribution < -0.4 is 29.3 Å². The minimum absolute atomic E-state index is 0.0155. The van der Waals surface area contributed by atoms with Gasteiger partial charge >= 0.3 is 0 Å². The third-order valence-electron chi connectivity index (χ3n) is 4.98. The SMILES string of the molecule is COc1ccc(N2CC[NH+](CC(=O)Nc3ccc4c(c3)OCO4)CC2)cc1. The summed E-state index contributed by atoms with van der Waals surface area (Å²) in [6.45, 7) is 4.42. The maximum absolute atomic E-state index is 12.4. The standard InChI is InChI=1S/C20H23N3O4/c1-25-17-5-3-16(4-6-17)23-10-8-22(9-11-23)13-20(24)21-15-2-7-18-19(12-15)27-14-26-18/h2-7,12H,8-11,13-14H2,1H3,(H,21,24)/p+1. The van der Waals surface area contributed by atoms with E-state index in [0.29, 0.717) is 18.0 Å². The minimum Gasteiger partial charge on any atom is -0.497 e. The fraction of sp³-hybridized carbons (Fsp3) is 0.350. The number of hydrogen-bond donors (Lipinski definition) is 2. The number of fused-ring (bicyclic) bond motifs is 1. The summed E-state index contributed by atoms with van der Waals surface area (Å²) in [4.78, 5) is 16.0. The van der Waals surface area contributed by atoms with Crippen molar-refractivity contribution in [2.45, 2.75) is 0 Å². The van der Waals surface area contributed by atoms with Gasteiger partial charge in [-0.2, -0.15) is 0 Å². The summed E-state index contributed by atoms with van der Waals surface area (Å²) < 4.78 is 15.8. The van der Waals surface area contributed by atoms with Crippen LogP contribution in [0.3, 0.4) is 0 Å². The molecule has 0 atom stereocenters. The van der Waals surface area contributed by atoms with Gasteiger partial charge in [-0.05, 0) is 36.4 Å². The first-order valence-electron chi connectivity index (χ1n) is 9.13. The molecule has 1 saturated heterocycles. The maximum Gasteiger partial charge on any atom is 0.279 e. The zero-order valence-electron chi connectivity index (χ0n) is 15.4. The molecule has 2 N–H and O–H groups in total. The van der Waals surface area contributed by atoms with E-state index in [1.807, 2.05) is 24.3 Å². The van der Waals surface area contributed by atoms with Crippen LogP contribution in [0.1, 0.15) is 0 Å². The molecule has 2 heterocycles. The van der Waals surface area contributed by atoms with Crippen LogP contribution in [0.15, 0.2) is 42.5 Å². The molecule has 0 saturated carbocycles. The van der Waals surface area contributed by atoms with E-state index in [4.69, 9.17) is 14.2 Å². The predicted octanol–water partition coefficient (Wildman–Crippen LogP) is 0.768. The van der Waals surface area contributed by atoms with Gasteiger partial charge in [0, 0.05) is 17.4 Å². The average molecular weight is 370 g/mol. The number of amides is 1. The minimum atomic E-state index is 0.0155. The van der Waals surface area contributed by atoms with Crippen LogP contribution in [-0.4, -0.2) is 52.5 Å². The zero-order valence-corrected chi connectivity index (χ0v) is 15.4. The number of benzene rings is 2. The van der Waals surface area contributed by atoms with E-state index in [2.05, 4.69) is 22.3 Å². The smallest absolute Gasteiger partial charge is 0.279 e. The van der Waals surface area contributed by atoms with Gasteiger partial charge in [0.25, 0.3) is 5.91 Å². The molecule has 7 heteroatoms. The Morgan fingerprint density at radius 2 is 1.85 bits per heavy atom. The summed E-state index contributed by atoms with van der Waals surface area (Å²) >= 11 is 0. The van der Waals surface area contributed by atoms with Gasteiger partial charge in [-0.15, -0.1) is 0 Å². The Morgan fingerprint density at radius 1 is 1.11 bits per heavy atom. The number of hydrogen-bond acceptors (Lipinski definition) is 5. The lowest BCUT2D eigenvalue weighted by Gasteiger charge is -2.33. The van der Waals surface area contributed by atoms with Gasteiger partial charge in [-0.25, -0.2) is 0 Å². The summed E-state index contributed by atoms with van der Waals surface area (Å²) in [7, 11) is 1.67. The third kappa shape index (κ3) is 4.09. The molecular weight excluding hydrogens is 346 g/mol. The molecule has 0 bridgehead atoms. The Bertz CT molecular complexity index is 801. The fourth-order valence-electron chi connectivity index (χ4n) is 3.46. The lowest BCUT2D eigenvalue weighted by Crippen LogP contribution is -3.15. The molecule has 2 aliphatic rings. The predicted molar refractivity (Wildman–Crippen MR) is 102 cm³/mol. The highest BCUT2D eigenvalue weighted by Gasteiger charge is 2.23. The van der Waals surface area contributed by atoms with Crippen LogP contribution in [0.5, 0.6) is 17.2 Å².